The molecule has 270 valence electrons. The van der Waals surface area contributed by atoms with Crippen LogP contribution >= 0.6 is 0 Å². The van der Waals surface area contributed by atoms with Gasteiger partial charge in [-0.15, -0.1) is 0 Å². The van der Waals surface area contributed by atoms with Crippen LogP contribution in [-0.4, -0.2) is 0 Å². The normalized spacial score (nSPS) is 11.2. The lowest BCUT2D eigenvalue weighted by atomic mass is 10.0. The summed E-state index contributed by atoms with van der Waals surface area (Å²) in [6.45, 7) is 0. The van der Waals surface area contributed by atoms with Crippen LogP contribution in [0.5, 0.6) is 0 Å². The second-order valence-electron chi connectivity index (χ2n) is 14.2. The summed E-state index contributed by atoms with van der Waals surface area (Å²) < 4.78 is 6.20. The molecule has 10 aromatic rings. The molecule has 0 bridgehead atoms. The third-order valence-corrected chi connectivity index (χ3v) is 10.7. The van der Waals surface area contributed by atoms with Gasteiger partial charge in [-0.2, -0.15) is 0 Å². The minimum atomic E-state index is 0.883. The van der Waals surface area contributed by atoms with Gasteiger partial charge in [0.2, 0.25) is 0 Å². The van der Waals surface area contributed by atoms with E-state index in [0.717, 1.165) is 67.2 Å². The fourth-order valence-corrected chi connectivity index (χ4v) is 7.80. The first-order chi connectivity index (χ1) is 28.2. The molecule has 0 N–H and O–H groups in total. The van der Waals surface area contributed by atoms with Crippen LogP contribution in [0.3, 0.4) is 0 Å². The van der Waals surface area contributed by atoms with Crippen molar-refractivity contribution >= 4 is 56.1 Å². The number of fused-ring (bicyclic) bond motifs is 3. The van der Waals surface area contributed by atoms with Crippen LogP contribution in [-0.2, 0) is 0 Å². The molecule has 0 fully saturated rings. The van der Waals surface area contributed by atoms with Gasteiger partial charge in [0.25, 0.3) is 0 Å². The number of rotatable bonds is 9. The first kappa shape index (κ1) is 33.9. The molecule has 0 aliphatic rings. The predicted octanol–water partition coefficient (Wildman–Crippen LogP) is 15.5. The zero-order valence-corrected chi connectivity index (χ0v) is 31.2. The zero-order chi connectivity index (χ0) is 38.0. The molecule has 3 nitrogen and oxygen atoms in total. The van der Waals surface area contributed by atoms with Crippen molar-refractivity contribution in [2.75, 3.05) is 9.80 Å². The lowest BCUT2D eigenvalue weighted by Crippen LogP contribution is -2.10. The second-order valence-corrected chi connectivity index (χ2v) is 14.2. The second kappa shape index (κ2) is 14.9. The average molecular weight is 731 g/mol. The molecule has 0 atom stereocenters. The Balaban J connectivity index is 0.982. The van der Waals surface area contributed by atoms with Crippen molar-refractivity contribution < 1.29 is 4.42 Å². The van der Waals surface area contributed by atoms with Crippen LogP contribution in [0.15, 0.2) is 235 Å². The van der Waals surface area contributed by atoms with E-state index in [1.165, 1.54) is 22.3 Å². The van der Waals surface area contributed by atoms with E-state index in [0.29, 0.717) is 0 Å². The molecule has 1 heterocycles. The van der Waals surface area contributed by atoms with Crippen LogP contribution in [0.4, 0.5) is 34.1 Å². The van der Waals surface area contributed by atoms with Crippen molar-refractivity contribution in [2.24, 2.45) is 0 Å². The molecule has 0 aliphatic heterocycles. The molecule has 0 aliphatic carbocycles. The number of hydrogen-bond acceptors (Lipinski definition) is 3. The highest BCUT2D eigenvalue weighted by atomic mass is 16.3. The number of benzene rings is 9. The Bertz CT molecular complexity index is 2900. The van der Waals surface area contributed by atoms with Crippen molar-refractivity contribution in [3.8, 4) is 33.4 Å². The largest absolute Gasteiger partial charge is 0.456 e. The summed E-state index contributed by atoms with van der Waals surface area (Å²) in [4.78, 5) is 4.63. The first-order valence-corrected chi connectivity index (χ1v) is 19.3. The lowest BCUT2D eigenvalue weighted by molar-refractivity contribution is 0.669. The lowest BCUT2D eigenvalue weighted by Gasteiger charge is -2.26. The van der Waals surface area contributed by atoms with Crippen molar-refractivity contribution in [1.29, 1.82) is 0 Å². The summed E-state index contributed by atoms with van der Waals surface area (Å²) in [5, 5.41) is 2.21. The standard InChI is InChI=1S/C54H38N2O/c1-4-12-39(13-5-1)41-20-28-46(29-21-41)55(45-16-8-3-9-17-45)47-30-24-43(25-31-47)44-26-34-49(35-27-44)56(48-32-22-42(23-33-48)40-14-6-2-7-15-40)50-36-37-54-52(38-50)51-18-10-11-19-53(51)57-54/h1-38H. The Morgan fingerprint density at radius 3 is 1.00 bits per heavy atom. The van der Waals surface area contributed by atoms with Crippen molar-refractivity contribution in [3.63, 3.8) is 0 Å². The fourth-order valence-electron chi connectivity index (χ4n) is 7.80. The number of anilines is 6. The molecule has 0 saturated carbocycles. The summed E-state index contributed by atoms with van der Waals surface area (Å²) in [5.41, 5.74) is 15.4. The molecule has 10 rings (SSSR count). The SMILES string of the molecule is c1ccc(-c2ccc(N(c3ccccc3)c3ccc(-c4ccc(N(c5ccc(-c6ccccc6)cc5)c5ccc6oc7ccccc7c6c5)cc4)cc3)cc2)cc1. The molecule has 0 amide bonds. The molecule has 57 heavy (non-hydrogen) atoms. The minimum absolute atomic E-state index is 0.883. The maximum atomic E-state index is 6.20. The van der Waals surface area contributed by atoms with Gasteiger partial charge in [0.1, 0.15) is 11.2 Å². The highest BCUT2D eigenvalue weighted by Crippen LogP contribution is 2.41. The third-order valence-electron chi connectivity index (χ3n) is 10.7. The third kappa shape index (κ3) is 6.73. The maximum absolute atomic E-state index is 6.20. The van der Waals surface area contributed by atoms with E-state index >= 15 is 0 Å². The van der Waals surface area contributed by atoms with E-state index in [1.807, 2.05) is 12.1 Å². The topological polar surface area (TPSA) is 19.6 Å². The summed E-state index contributed by atoms with van der Waals surface area (Å²) in [7, 11) is 0. The van der Waals surface area contributed by atoms with Crippen LogP contribution in [0.25, 0.3) is 55.3 Å². The molecule has 0 spiro atoms. The van der Waals surface area contributed by atoms with Gasteiger partial charge in [-0.1, -0.05) is 146 Å². The minimum Gasteiger partial charge on any atom is -0.456 e. The Hall–Kier alpha value is -7.62. The highest BCUT2D eigenvalue weighted by Gasteiger charge is 2.17. The molecule has 1 aromatic heterocycles. The molecule has 9 aromatic carbocycles. The Labute approximate surface area is 333 Å². The fraction of sp³-hybridized carbons (Fsp3) is 0. The van der Waals surface area contributed by atoms with Gasteiger partial charge in [-0.25, -0.2) is 0 Å². The zero-order valence-electron chi connectivity index (χ0n) is 31.2. The Morgan fingerprint density at radius 1 is 0.228 bits per heavy atom. The molecule has 0 radical (unpaired) electrons. The smallest absolute Gasteiger partial charge is 0.135 e. The van der Waals surface area contributed by atoms with Crippen LogP contribution in [0.2, 0.25) is 0 Å². The van der Waals surface area contributed by atoms with E-state index < -0.39 is 0 Å². The summed E-state index contributed by atoms with van der Waals surface area (Å²) >= 11 is 0. The van der Waals surface area contributed by atoms with Gasteiger partial charge < -0.3 is 14.2 Å². The van der Waals surface area contributed by atoms with E-state index in [9.17, 15) is 0 Å². The number of nitrogens with zero attached hydrogens (tertiary/aromatic N) is 2. The van der Waals surface area contributed by atoms with Crippen LogP contribution in [0, 0.1) is 0 Å². The highest BCUT2D eigenvalue weighted by molar-refractivity contribution is 6.06. The Morgan fingerprint density at radius 2 is 0.544 bits per heavy atom. The molecule has 0 unspecified atom stereocenters. The summed E-state index contributed by atoms with van der Waals surface area (Å²) in [6.07, 6.45) is 0. The van der Waals surface area contributed by atoms with Gasteiger partial charge in [0.15, 0.2) is 0 Å². The van der Waals surface area contributed by atoms with Crippen molar-refractivity contribution in [1.82, 2.24) is 0 Å². The summed E-state index contributed by atoms with van der Waals surface area (Å²) in [5.74, 6) is 0. The van der Waals surface area contributed by atoms with Gasteiger partial charge in [0.05, 0.1) is 0 Å². The number of para-hydroxylation sites is 2. The monoisotopic (exact) mass is 730 g/mol. The Kier molecular flexibility index (Phi) is 8.86. The predicted molar refractivity (Wildman–Crippen MR) is 239 cm³/mol. The molecular weight excluding hydrogens is 693 g/mol. The quantitative estimate of drug-likeness (QED) is 0.147. The molecule has 3 heteroatoms. The van der Waals surface area contributed by atoms with Crippen LogP contribution < -0.4 is 9.80 Å². The number of hydrogen-bond donors (Lipinski definition) is 0. The van der Waals surface area contributed by atoms with Gasteiger partial charge in [0, 0.05) is 44.9 Å². The van der Waals surface area contributed by atoms with Gasteiger partial charge in [-0.05, 0) is 118 Å². The van der Waals surface area contributed by atoms with Crippen LogP contribution in [0.1, 0.15) is 0 Å². The summed E-state index contributed by atoms with van der Waals surface area (Å²) in [6, 6.07) is 81.7. The van der Waals surface area contributed by atoms with E-state index in [1.54, 1.807) is 0 Å². The van der Waals surface area contributed by atoms with Crippen molar-refractivity contribution in [3.05, 3.63) is 231 Å². The van der Waals surface area contributed by atoms with E-state index in [2.05, 4.69) is 228 Å². The molecular formula is C54H38N2O. The first-order valence-electron chi connectivity index (χ1n) is 19.3. The number of furan rings is 1. The van der Waals surface area contributed by atoms with E-state index in [-0.39, 0.29) is 0 Å². The van der Waals surface area contributed by atoms with Gasteiger partial charge in [-0.3, -0.25) is 0 Å². The van der Waals surface area contributed by atoms with E-state index in [4.69, 9.17) is 4.42 Å². The average Bonchev–Trinajstić information content (AvgIpc) is 3.67. The van der Waals surface area contributed by atoms with Gasteiger partial charge >= 0.3 is 0 Å². The maximum Gasteiger partial charge on any atom is 0.135 e. The molecule has 0 saturated heterocycles. The van der Waals surface area contributed by atoms with Crippen molar-refractivity contribution in [2.45, 2.75) is 0 Å².